The Hall–Kier alpha value is -3.30. The SMILES string of the molecule is O=C1O[C@@H](Cn2cnnn2)CN1c1ccc(-n2ccnc2)c(F)c1. The zero-order valence-corrected chi connectivity index (χ0v) is 12.4. The first kappa shape index (κ1) is 14.3. The summed E-state index contributed by atoms with van der Waals surface area (Å²) < 4.78 is 22.6. The summed E-state index contributed by atoms with van der Waals surface area (Å²) in [5.41, 5.74) is 0.787. The van der Waals surface area contributed by atoms with Gasteiger partial charge < -0.3 is 9.30 Å². The lowest BCUT2D eigenvalue weighted by Gasteiger charge is -2.14. The highest BCUT2D eigenvalue weighted by atomic mass is 19.1. The number of tetrazole rings is 1. The number of hydrogen-bond donors (Lipinski definition) is 0. The molecule has 3 aromatic rings. The van der Waals surface area contributed by atoms with Gasteiger partial charge in [0, 0.05) is 12.4 Å². The van der Waals surface area contributed by atoms with Crippen LogP contribution in [0.5, 0.6) is 0 Å². The Morgan fingerprint density at radius 1 is 1.33 bits per heavy atom. The summed E-state index contributed by atoms with van der Waals surface area (Å²) in [5, 5.41) is 10.8. The van der Waals surface area contributed by atoms with Gasteiger partial charge in [0.1, 0.15) is 18.2 Å². The van der Waals surface area contributed by atoms with Gasteiger partial charge in [-0.2, -0.15) is 0 Å². The Kier molecular flexibility index (Phi) is 3.41. The van der Waals surface area contributed by atoms with Crippen molar-refractivity contribution in [3.05, 3.63) is 49.1 Å². The highest BCUT2D eigenvalue weighted by molar-refractivity contribution is 5.89. The molecule has 1 aliphatic rings. The second kappa shape index (κ2) is 5.72. The van der Waals surface area contributed by atoms with Gasteiger partial charge in [0.2, 0.25) is 0 Å². The van der Waals surface area contributed by atoms with E-state index in [0.717, 1.165) is 0 Å². The van der Waals surface area contributed by atoms with Crippen molar-refractivity contribution in [1.82, 2.24) is 29.8 Å². The summed E-state index contributed by atoms with van der Waals surface area (Å²) in [4.78, 5) is 17.3. The van der Waals surface area contributed by atoms with Gasteiger partial charge in [-0.15, -0.1) is 5.10 Å². The minimum atomic E-state index is -0.525. The monoisotopic (exact) mass is 329 g/mol. The quantitative estimate of drug-likeness (QED) is 0.710. The fourth-order valence-corrected chi connectivity index (χ4v) is 2.57. The van der Waals surface area contributed by atoms with Crippen LogP contribution in [0.1, 0.15) is 0 Å². The van der Waals surface area contributed by atoms with Gasteiger partial charge in [-0.25, -0.2) is 18.9 Å². The summed E-state index contributed by atoms with van der Waals surface area (Å²) in [6.45, 7) is 0.632. The third-order valence-electron chi connectivity index (χ3n) is 3.68. The number of benzene rings is 1. The zero-order valence-electron chi connectivity index (χ0n) is 12.4. The predicted octanol–water partition coefficient (Wildman–Crippen LogP) is 1.02. The molecule has 4 rings (SSSR count). The van der Waals surface area contributed by atoms with E-state index < -0.39 is 18.0 Å². The van der Waals surface area contributed by atoms with Gasteiger partial charge >= 0.3 is 6.09 Å². The molecule has 2 aromatic heterocycles. The van der Waals surface area contributed by atoms with Crippen molar-refractivity contribution in [3.8, 4) is 5.69 Å². The lowest BCUT2D eigenvalue weighted by Crippen LogP contribution is -2.26. The molecule has 24 heavy (non-hydrogen) atoms. The highest BCUT2D eigenvalue weighted by Gasteiger charge is 2.33. The van der Waals surface area contributed by atoms with Crippen LogP contribution in [0.15, 0.2) is 43.2 Å². The number of cyclic esters (lactones) is 1. The van der Waals surface area contributed by atoms with Crippen LogP contribution < -0.4 is 4.90 Å². The lowest BCUT2D eigenvalue weighted by molar-refractivity contribution is 0.129. The maximum Gasteiger partial charge on any atom is 0.414 e. The van der Waals surface area contributed by atoms with Gasteiger partial charge in [-0.3, -0.25) is 4.90 Å². The molecule has 0 radical (unpaired) electrons. The Labute approximate surface area is 135 Å². The third-order valence-corrected chi connectivity index (χ3v) is 3.68. The first-order valence-electron chi connectivity index (χ1n) is 7.17. The second-order valence-electron chi connectivity index (χ2n) is 5.25. The first-order chi connectivity index (χ1) is 11.7. The van der Waals surface area contributed by atoms with Crippen LogP contribution in [-0.2, 0) is 11.3 Å². The maximum absolute atomic E-state index is 14.3. The molecule has 0 aliphatic carbocycles. The van der Waals surface area contributed by atoms with Crippen LogP contribution in [0.25, 0.3) is 5.69 Å². The smallest absolute Gasteiger partial charge is 0.414 e. The van der Waals surface area contributed by atoms with E-state index in [1.54, 1.807) is 29.1 Å². The van der Waals surface area contributed by atoms with E-state index in [0.29, 0.717) is 24.5 Å². The van der Waals surface area contributed by atoms with E-state index >= 15 is 0 Å². The van der Waals surface area contributed by atoms with E-state index in [4.69, 9.17) is 4.74 Å². The maximum atomic E-state index is 14.3. The van der Waals surface area contributed by atoms with Crippen LogP contribution in [0, 0.1) is 5.82 Å². The number of carbonyl (C=O) groups is 1. The second-order valence-corrected chi connectivity index (χ2v) is 5.25. The Balaban J connectivity index is 1.53. The number of aromatic nitrogens is 6. The van der Waals surface area contributed by atoms with E-state index in [9.17, 15) is 9.18 Å². The first-order valence-corrected chi connectivity index (χ1v) is 7.17. The molecule has 1 amide bonds. The summed E-state index contributed by atoms with van der Waals surface area (Å²) in [6.07, 6.45) is 5.22. The largest absolute Gasteiger partial charge is 0.442 e. The van der Waals surface area contributed by atoms with Gasteiger partial charge in [0.15, 0.2) is 0 Å². The van der Waals surface area contributed by atoms with Crippen molar-refractivity contribution >= 4 is 11.8 Å². The Morgan fingerprint density at radius 3 is 2.96 bits per heavy atom. The molecule has 1 fully saturated rings. The van der Waals surface area contributed by atoms with Gasteiger partial charge in [-0.1, -0.05) is 0 Å². The molecule has 1 saturated heterocycles. The normalized spacial score (nSPS) is 17.3. The Morgan fingerprint density at radius 2 is 2.25 bits per heavy atom. The van der Waals surface area contributed by atoms with Gasteiger partial charge in [0.05, 0.1) is 30.8 Å². The standard InChI is InChI=1S/C14H12FN7O2/c15-12-5-10(1-2-13(12)20-4-3-16-8-20)22-7-11(24-14(22)23)6-21-9-17-18-19-21/h1-5,8-9,11H,6-7H2/t11-/m0/s1. The summed E-state index contributed by atoms with van der Waals surface area (Å²) in [6, 6.07) is 4.56. The lowest BCUT2D eigenvalue weighted by atomic mass is 10.2. The van der Waals surface area contributed by atoms with Crippen LogP contribution >= 0.6 is 0 Å². The topological polar surface area (TPSA) is 91.0 Å². The molecule has 0 spiro atoms. The van der Waals surface area contributed by atoms with E-state index in [1.807, 2.05) is 0 Å². The fourth-order valence-electron chi connectivity index (χ4n) is 2.57. The predicted molar refractivity (Wildman–Crippen MR) is 79.0 cm³/mol. The molecule has 0 bridgehead atoms. The summed E-state index contributed by atoms with van der Waals surface area (Å²) in [7, 11) is 0. The number of anilines is 1. The van der Waals surface area contributed by atoms with Gasteiger partial charge in [0.25, 0.3) is 0 Å². The number of rotatable bonds is 4. The molecule has 3 heterocycles. The van der Waals surface area contributed by atoms with Crippen molar-refractivity contribution < 1.29 is 13.9 Å². The van der Waals surface area contributed by atoms with Crippen LogP contribution in [0.3, 0.4) is 0 Å². The van der Waals surface area contributed by atoms with Crippen molar-refractivity contribution in [2.45, 2.75) is 12.6 Å². The van der Waals surface area contributed by atoms with Crippen molar-refractivity contribution in [1.29, 1.82) is 0 Å². The van der Waals surface area contributed by atoms with Crippen LogP contribution in [0.2, 0.25) is 0 Å². The summed E-state index contributed by atoms with van der Waals surface area (Å²) >= 11 is 0. The molecular weight excluding hydrogens is 317 g/mol. The summed E-state index contributed by atoms with van der Waals surface area (Å²) in [5.74, 6) is -0.456. The van der Waals surface area contributed by atoms with Crippen LogP contribution in [-0.4, -0.2) is 48.5 Å². The van der Waals surface area contributed by atoms with Crippen molar-refractivity contribution in [3.63, 3.8) is 0 Å². The minimum Gasteiger partial charge on any atom is -0.442 e. The molecule has 1 aromatic carbocycles. The number of halogens is 1. The van der Waals surface area contributed by atoms with Gasteiger partial charge in [-0.05, 0) is 28.6 Å². The molecular formula is C14H12FN7O2. The molecule has 9 nitrogen and oxygen atoms in total. The molecule has 122 valence electrons. The van der Waals surface area contributed by atoms with E-state index in [2.05, 4.69) is 20.5 Å². The molecule has 0 unspecified atom stereocenters. The number of amides is 1. The fraction of sp³-hybridized carbons (Fsp3) is 0.214. The third kappa shape index (κ3) is 2.57. The average Bonchev–Trinajstić information content (AvgIpc) is 3.30. The van der Waals surface area contributed by atoms with Crippen LogP contribution in [0.4, 0.5) is 14.9 Å². The number of hydrogen-bond acceptors (Lipinski definition) is 6. The Bertz CT molecular complexity index is 850. The molecule has 0 N–H and O–H groups in total. The molecule has 1 atom stereocenters. The molecule has 10 heteroatoms. The minimum absolute atomic E-state index is 0.294. The number of nitrogens with zero attached hydrogens (tertiary/aromatic N) is 7. The number of ether oxygens (including phenoxy) is 1. The average molecular weight is 329 g/mol. The van der Waals surface area contributed by atoms with Crippen molar-refractivity contribution in [2.75, 3.05) is 11.4 Å². The van der Waals surface area contributed by atoms with E-state index in [1.165, 1.54) is 28.3 Å². The zero-order chi connectivity index (χ0) is 16.5. The molecule has 0 saturated carbocycles. The number of carbonyl (C=O) groups excluding carboxylic acids is 1. The van der Waals surface area contributed by atoms with E-state index in [-0.39, 0.29) is 0 Å². The number of imidazole rings is 1. The van der Waals surface area contributed by atoms with Crippen molar-refractivity contribution in [2.24, 2.45) is 0 Å². The molecule has 1 aliphatic heterocycles. The highest BCUT2D eigenvalue weighted by Crippen LogP contribution is 2.25.